The average molecular weight is 486 g/mol. The Kier molecular flexibility index (Phi) is 6.00. The van der Waals surface area contributed by atoms with Crippen molar-refractivity contribution >= 4 is 11.4 Å². The zero-order valence-corrected chi connectivity index (χ0v) is 18.2. The lowest BCUT2D eigenvalue weighted by Gasteiger charge is -2.40. The Morgan fingerprint density at radius 1 is 0.457 bits per heavy atom. The minimum atomic E-state index is -5.75. The third-order valence-corrected chi connectivity index (χ3v) is 5.91. The normalized spacial score (nSPS) is 12.5. The molecule has 4 N–H and O–H groups in total. The molecule has 0 atom stereocenters. The van der Waals surface area contributed by atoms with Gasteiger partial charge in [0, 0.05) is 11.4 Å². The van der Waals surface area contributed by atoms with Gasteiger partial charge in [0.1, 0.15) is 0 Å². The molecule has 0 saturated carbocycles. The molecular formula is C27H20F6N2. The summed E-state index contributed by atoms with van der Waals surface area (Å²) in [5.74, 6) is 0. The molecule has 0 spiro atoms. The zero-order chi connectivity index (χ0) is 25.4. The van der Waals surface area contributed by atoms with Gasteiger partial charge in [-0.1, -0.05) is 72.8 Å². The summed E-state index contributed by atoms with van der Waals surface area (Å²) in [6.45, 7) is 0. The molecule has 0 heterocycles. The molecule has 4 aromatic rings. The van der Waals surface area contributed by atoms with Gasteiger partial charge in [0.2, 0.25) is 5.41 Å². The highest BCUT2D eigenvalue weighted by Crippen LogP contribution is 2.59. The quantitative estimate of drug-likeness (QED) is 0.231. The maximum absolute atomic E-state index is 15.0. The standard InChI is InChI=1S/C27H20F6N2/c28-26(29,30)25(27(31,32)33,23-13-3-1-11-21(23)17-7-5-9-19(34)15-17)24-14-4-2-12-22(24)18-8-6-10-20(35)16-18/h1-16H,34-35H2. The number of benzene rings is 4. The topological polar surface area (TPSA) is 52.0 Å². The van der Waals surface area contributed by atoms with Crippen molar-refractivity contribution in [3.05, 3.63) is 108 Å². The lowest BCUT2D eigenvalue weighted by atomic mass is 9.68. The third-order valence-electron chi connectivity index (χ3n) is 5.91. The molecule has 0 aliphatic heterocycles. The molecule has 0 bridgehead atoms. The van der Waals surface area contributed by atoms with E-state index in [1.165, 1.54) is 84.9 Å². The second-order valence-corrected chi connectivity index (χ2v) is 8.09. The van der Waals surface area contributed by atoms with E-state index in [9.17, 15) is 0 Å². The van der Waals surface area contributed by atoms with Crippen molar-refractivity contribution in [1.29, 1.82) is 0 Å². The predicted octanol–water partition coefficient (Wildman–Crippen LogP) is 7.60. The molecule has 8 heteroatoms. The van der Waals surface area contributed by atoms with Gasteiger partial charge < -0.3 is 11.5 Å². The molecule has 0 aromatic heterocycles. The Labute approximate surface area is 197 Å². The lowest BCUT2D eigenvalue weighted by Crippen LogP contribution is -2.55. The number of nitrogens with two attached hydrogens (primary N) is 2. The molecule has 0 radical (unpaired) electrons. The second-order valence-electron chi connectivity index (χ2n) is 8.09. The van der Waals surface area contributed by atoms with Crippen LogP contribution in [0.15, 0.2) is 97.1 Å². The molecule has 35 heavy (non-hydrogen) atoms. The average Bonchev–Trinajstić information content (AvgIpc) is 2.78. The minimum Gasteiger partial charge on any atom is -0.399 e. The summed E-state index contributed by atoms with van der Waals surface area (Å²) >= 11 is 0. The van der Waals surface area contributed by atoms with Crippen LogP contribution >= 0.6 is 0 Å². The molecule has 180 valence electrons. The van der Waals surface area contributed by atoms with E-state index in [-0.39, 0.29) is 33.6 Å². The van der Waals surface area contributed by atoms with Crippen LogP contribution in [0.1, 0.15) is 11.1 Å². The highest BCUT2D eigenvalue weighted by Gasteiger charge is 2.73. The van der Waals surface area contributed by atoms with Crippen molar-refractivity contribution < 1.29 is 26.3 Å². The summed E-state index contributed by atoms with van der Waals surface area (Å²) in [6, 6.07) is 20.8. The predicted molar refractivity (Wildman–Crippen MR) is 125 cm³/mol. The van der Waals surface area contributed by atoms with Crippen molar-refractivity contribution in [3.8, 4) is 22.3 Å². The molecule has 4 aromatic carbocycles. The Morgan fingerprint density at radius 2 is 0.829 bits per heavy atom. The highest BCUT2D eigenvalue weighted by molar-refractivity contribution is 5.78. The van der Waals surface area contributed by atoms with E-state index < -0.39 is 28.9 Å². The van der Waals surface area contributed by atoms with E-state index in [1.807, 2.05) is 0 Å². The van der Waals surface area contributed by atoms with E-state index in [1.54, 1.807) is 0 Å². The van der Waals surface area contributed by atoms with Gasteiger partial charge >= 0.3 is 12.4 Å². The summed E-state index contributed by atoms with van der Waals surface area (Å²) in [6.07, 6.45) is -11.5. The fraction of sp³-hybridized carbons (Fsp3) is 0.111. The van der Waals surface area contributed by atoms with E-state index in [0.29, 0.717) is 0 Å². The Bertz CT molecular complexity index is 1250. The van der Waals surface area contributed by atoms with Gasteiger partial charge in [0.25, 0.3) is 0 Å². The molecule has 0 amide bonds. The third kappa shape index (κ3) is 4.09. The lowest BCUT2D eigenvalue weighted by molar-refractivity contribution is -0.288. The van der Waals surface area contributed by atoms with Crippen LogP contribution in [0.25, 0.3) is 22.3 Å². The van der Waals surface area contributed by atoms with Crippen molar-refractivity contribution in [2.75, 3.05) is 11.5 Å². The molecule has 2 nitrogen and oxygen atoms in total. The summed E-state index contributed by atoms with van der Waals surface area (Å²) in [4.78, 5) is 0. The molecule has 0 saturated heterocycles. The van der Waals surface area contributed by atoms with Crippen LogP contribution in [-0.2, 0) is 5.41 Å². The molecular weight excluding hydrogens is 466 g/mol. The van der Waals surface area contributed by atoms with Gasteiger partial charge in [-0.15, -0.1) is 0 Å². The number of nitrogen functional groups attached to an aromatic ring is 2. The van der Waals surface area contributed by atoms with Gasteiger partial charge in [-0.05, 0) is 57.6 Å². The molecule has 4 rings (SSSR count). The monoisotopic (exact) mass is 486 g/mol. The SMILES string of the molecule is Nc1cccc(-c2ccccc2C(c2ccccc2-c2cccc(N)c2)(C(F)(F)F)C(F)(F)F)c1. The molecule has 0 unspecified atom stereocenters. The van der Waals surface area contributed by atoms with Gasteiger partial charge in [-0.25, -0.2) is 0 Å². The van der Waals surface area contributed by atoms with E-state index >= 15 is 26.3 Å². The molecule has 0 aliphatic rings. The van der Waals surface area contributed by atoms with Crippen molar-refractivity contribution in [1.82, 2.24) is 0 Å². The smallest absolute Gasteiger partial charge is 0.399 e. The summed E-state index contributed by atoms with van der Waals surface area (Å²) in [5.41, 5.74) is 5.61. The van der Waals surface area contributed by atoms with Crippen LogP contribution in [0.2, 0.25) is 0 Å². The Balaban J connectivity index is 2.17. The van der Waals surface area contributed by atoms with Crippen molar-refractivity contribution in [2.24, 2.45) is 0 Å². The fourth-order valence-electron chi connectivity index (χ4n) is 4.45. The number of hydrogen-bond donors (Lipinski definition) is 2. The van der Waals surface area contributed by atoms with Gasteiger partial charge in [0.05, 0.1) is 0 Å². The Morgan fingerprint density at radius 3 is 1.17 bits per heavy atom. The molecule has 0 fully saturated rings. The van der Waals surface area contributed by atoms with Crippen LogP contribution < -0.4 is 11.5 Å². The van der Waals surface area contributed by atoms with E-state index in [2.05, 4.69) is 0 Å². The molecule has 0 aliphatic carbocycles. The van der Waals surface area contributed by atoms with Crippen LogP contribution in [0.3, 0.4) is 0 Å². The van der Waals surface area contributed by atoms with Crippen molar-refractivity contribution in [2.45, 2.75) is 17.8 Å². The first kappa shape index (κ1) is 24.2. The van der Waals surface area contributed by atoms with Crippen molar-refractivity contribution in [3.63, 3.8) is 0 Å². The zero-order valence-electron chi connectivity index (χ0n) is 18.2. The first-order valence-electron chi connectivity index (χ1n) is 10.5. The van der Waals surface area contributed by atoms with E-state index in [4.69, 9.17) is 11.5 Å². The van der Waals surface area contributed by atoms with E-state index in [0.717, 1.165) is 12.1 Å². The van der Waals surface area contributed by atoms with Crippen LogP contribution in [0.5, 0.6) is 0 Å². The van der Waals surface area contributed by atoms with Gasteiger partial charge in [0.15, 0.2) is 0 Å². The van der Waals surface area contributed by atoms with Gasteiger partial charge in [-0.2, -0.15) is 26.3 Å². The van der Waals surface area contributed by atoms with Crippen LogP contribution in [-0.4, -0.2) is 12.4 Å². The summed E-state index contributed by atoms with van der Waals surface area (Å²) < 4.78 is 90.1. The largest absolute Gasteiger partial charge is 0.411 e. The number of rotatable bonds is 4. The maximum atomic E-state index is 15.0. The highest BCUT2D eigenvalue weighted by atomic mass is 19.4. The van der Waals surface area contributed by atoms with Crippen LogP contribution in [0.4, 0.5) is 37.7 Å². The summed E-state index contributed by atoms with van der Waals surface area (Å²) in [5, 5.41) is 0. The number of hydrogen-bond acceptors (Lipinski definition) is 2. The first-order valence-corrected chi connectivity index (χ1v) is 10.5. The van der Waals surface area contributed by atoms with Crippen LogP contribution in [0, 0.1) is 0 Å². The fourth-order valence-corrected chi connectivity index (χ4v) is 4.45. The number of anilines is 2. The summed E-state index contributed by atoms with van der Waals surface area (Å²) in [7, 11) is 0. The van der Waals surface area contributed by atoms with Gasteiger partial charge in [-0.3, -0.25) is 0 Å². The number of halogens is 6. The minimum absolute atomic E-state index is 0.139. The second kappa shape index (κ2) is 8.69. The maximum Gasteiger partial charge on any atom is 0.411 e. The first-order chi connectivity index (χ1) is 16.5. The Hall–Kier alpha value is -3.94. The number of alkyl halides is 6.